The zero-order valence-corrected chi connectivity index (χ0v) is 20.9. The molecule has 2 aliphatic rings. The van der Waals surface area contributed by atoms with E-state index in [1.807, 2.05) is 11.9 Å². The van der Waals surface area contributed by atoms with Gasteiger partial charge in [0.2, 0.25) is 5.88 Å². The Morgan fingerprint density at radius 3 is 2.69 bits per heavy atom. The van der Waals surface area contributed by atoms with Crippen LogP contribution >= 0.6 is 11.9 Å². The molecule has 10 heteroatoms. The summed E-state index contributed by atoms with van der Waals surface area (Å²) in [6.07, 6.45) is 3.83. The van der Waals surface area contributed by atoms with Crippen molar-refractivity contribution in [3.8, 4) is 11.9 Å². The zero-order valence-electron chi connectivity index (χ0n) is 20.1. The highest BCUT2D eigenvalue weighted by Crippen LogP contribution is 2.50. The molecule has 36 heavy (non-hydrogen) atoms. The molecule has 1 aliphatic carbocycles. The Morgan fingerprint density at radius 2 is 2.00 bits per heavy atom. The second kappa shape index (κ2) is 10.3. The number of carbonyl (C=O) groups is 1. The van der Waals surface area contributed by atoms with Crippen LogP contribution in [0.25, 0.3) is 10.9 Å². The SMILES string of the molecule is Cn1c(=O)c(C(=O)NCc2ccc(C#N)cc2)cc2ccnc(OCC3(SN4CCNCC4)CC3)c21. The Morgan fingerprint density at radius 1 is 1.25 bits per heavy atom. The third-order valence-corrected chi connectivity index (χ3v) is 8.09. The molecule has 2 N–H and O–H groups in total. The second-order valence-electron chi connectivity index (χ2n) is 9.21. The fraction of sp³-hybridized carbons (Fsp3) is 0.385. The summed E-state index contributed by atoms with van der Waals surface area (Å²) in [6, 6.07) is 12.4. The number of amides is 1. The smallest absolute Gasteiger partial charge is 0.263 e. The number of hydrogen-bond acceptors (Lipinski definition) is 8. The number of nitrogens with zero attached hydrogens (tertiary/aromatic N) is 4. The monoisotopic (exact) mass is 504 g/mol. The molecular weight excluding hydrogens is 476 g/mol. The maximum atomic E-state index is 13.1. The molecule has 3 aromatic rings. The predicted octanol–water partition coefficient (Wildman–Crippen LogP) is 2.20. The number of nitriles is 1. The highest BCUT2D eigenvalue weighted by Gasteiger charge is 2.46. The van der Waals surface area contributed by atoms with E-state index in [2.05, 4.69) is 26.0 Å². The summed E-state index contributed by atoms with van der Waals surface area (Å²) in [5.74, 6) is -0.0469. The van der Waals surface area contributed by atoms with E-state index in [0.29, 0.717) is 29.0 Å². The summed E-state index contributed by atoms with van der Waals surface area (Å²) >= 11 is 1.88. The molecule has 2 fully saturated rings. The van der Waals surface area contributed by atoms with Gasteiger partial charge in [-0.1, -0.05) is 24.1 Å². The van der Waals surface area contributed by atoms with Crippen LogP contribution < -0.4 is 20.9 Å². The van der Waals surface area contributed by atoms with Gasteiger partial charge in [0, 0.05) is 51.4 Å². The standard InChI is InChI=1S/C26H28N6O3S/c1-31-22-20(14-21(25(31)34)23(33)30-16-19-4-2-18(15-27)3-5-19)6-9-29-24(22)35-17-26(7-8-26)36-32-12-10-28-11-13-32/h2-6,9,14,28H,7-8,10-13,16-17H2,1H3,(H,30,33). The number of aromatic nitrogens is 2. The molecule has 9 nitrogen and oxygen atoms in total. The lowest BCUT2D eigenvalue weighted by Gasteiger charge is -2.29. The summed E-state index contributed by atoms with van der Waals surface area (Å²) < 4.78 is 10.1. The van der Waals surface area contributed by atoms with E-state index in [9.17, 15) is 9.59 Å². The summed E-state index contributed by atoms with van der Waals surface area (Å²) in [5, 5.41) is 15.8. The van der Waals surface area contributed by atoms with Crippen LogP contribution in [0.3, 0.4) is 0 Å². The first kappa shape index (κ1) is 24.3. The van der Waals surface area contributed by atoms with Gasteiger partial charge in [-0.15, -0.1) is 0 Å². The number of benzene rings is 1. The van der Waals surface area contributed by atoms with Crippen LogP contribution in [0.5, 0.6) is 5.88 Å². The lowest BCUT2D eigenvalue weighted by Crippen LogP contribution is -2.41. The quantitative estimate of drug-likeness (QED) is 0.449. The van der Waals surface area contributed by atoms with Crippen LogP contribution in [0.4, 0.5) is 0 Å². The average Bonchev–Trinajstić information content (AvgIpc) is 3.68. The molecule has 1 saturated heterocycles. The van der Waals surface area contributed by atoms with Crippen molar-refractivity contribution in [3.05, 3.63) is 69.6 Å². The van der Waals surface area contributed by atoms with Crippen molar-refractivity contribution in [2.75, 3.05) is 32.8 Å². The third-order valence-electron chi connectivity index (χ3n) is 6.55. The van der Waals surface area contributed by atoms with E-state index < -0.39 is 11.5 Å². The van der Waals surface area contributed by atoms with E-state index in [1.165, 1.54) is 4.57 Å². The van der Waals surface area contributed by atoms with Crippen molar-refractivity contribution in [2.45, 2.75) is 24.1 Å². The molecule has 0 atom stereocenters. The van der Waals surface area contributed by atoms with Gasteiger partial charge in [-0.3, -0.25) is 9.59 Å². The van der Waals surface area contributed by atoms with Crippen molar-refractivity contribution in [1.82, 2.24) is 24.5 Å². The molecule has 186 valence electrons. The highest BCUT2D eigenvalue weighted by atomic mass is 32.2. The van der Waals surface area contributed by atoms with Gasteiger partial charge >= 0.3 is 0 Å². The fourth-order valence-electron chi connectivity index (χ4n) is 4.26. The van der Waals surface area contributed by atoms with Crippen molar-refractivity contribution in [3.63, 3.8) is 0 Å². The summed E-state index contributed by atoms with van der Waals surface area (Å²) in [4.78, 5) is 30.4. The van der Waals surface area contributed by atoms with Crippen LogP contribution in [0.1, 0.15) is 34.3 Å². The first-order valence-corrected chi connectivity index (χ1v) is 12.8. The number of piperazine rings is 1. The maximum Gasteiger partial charge on any atom is 0.263 e. The summed E-state index contributed by atoms with van der Waals surface area (Å²) in [7, 11) is 1.64. The minimum atomic E-state index is -0.453. The van der Waals surface area contributed by atoms with Gasteiger partial charge in [0.1, 0.15) is 17.7 Å². The molecule has 0 unspecified atom stereocenters. The molecule has 2 aromatic heterocycles. The van der Waals surface area contributed by atoms with Crippen LogP contribution in [-0.4, -0.2) is 57.3 Å². The average molecular weight is 505 g/mol. The van der Waals surface area contributed by atoms with Gasteiger partial charge in [0.25, 0.3) is 11.5 Å². The largest absolute Gasteiger partial charge is 0.475 e. The van der Waals surface area contributed by atoms with Gasteiger partial charge in [0.15, 0.2) is 0 Å². The van der Waals surface area contributed by atoms with Crippen LogP contribution in [0.2, 0.25) is 0 Å². The number of pyridine rings is 2. The highest BCUT2D eigenvalue weighted by molar-refractivity contribution is 7.98. The van der Waals surface area contributed by atoms with Crippen LogP contribution in [-0.2, 0) is 13.6 Å². The maximum absolute atomic E-state index is 13.1. The van der Waals surface area contributed by atoms with Gasteiger partial charge in [0.05, 0.1) is 16.4 Å². The predicted molar refractivity (Wildman–Crippen MR) is 139 cm³/mol. The minimum absolute atomic E-state index is 0.0590. The molecular formula is C26H28N6O3S. The number of nitrogens with one attached hydrogen (secondary N) is 2. The van der Waals surface area contributed by atoms with E-state index in [0.717, 1.165) is 44.6 Å². The number of rotatable bonds is 8. The molecule has 0 radical (unpaired) electrons. The lowest BCUT2D eigenvalue weighted by atomic mass is 10.1. The van der Waals surface area contributed by atoms with Crippen LogP contribution in [0, 0.1) is 11.3 Å². The Bertz CT molecular complexity index is 1370. The van der Waals surface area contributed by atoms with Gasteiger partial charge < -0.3 is 19.9 Å². The molecule has 1 saturated carbocycles. The summed E-state index contributed by atoms with van der Waals surface area (Å²) in [6.45, 7) is 4.81. The van der Waals surface area contributed by atoms with Crippen LogP contribution in [0.15, 0.2) is 47.4 Å². The number of aryl methyl sites for hydroxylation is 1. The van der Waals surface area contributed by atoms with Crippen molar-refractivity contribution in [1.29, 1.82) is 5.26 Å². The Hall–Kier alpha value is -3.39. The number of ether oxygens (including phenoxy) is 1. The molecule has 5 rings (SSSR count). The van der Waals surface area contributed by atoms with Gasteiger partial charge in [-0.25, -0.2) is 9.29 Å². The number of carbonyl (C=O) groups excluding carboxylic acids is 1. The van der Waals surface area contributed by atoms with Crippen molar-refractivity contribution < 1.29 is 9.53 Å². The van der Waals surface area contributed by atoms with E-state index in [-0.39, 0.29) is 16.9 Å². The zero-order chi connectivity index (χ0) is 25.1. The first-order valence-electron chi connectivity index (χ1n) is 12.0. The molecule has 3 heterocycles. The van der Waals surface area contributed by atoms with Gasteiger partial charge in [-0.05, 0) is 42.7 Å². The summed E-state index contributed by atoms with van der Waals surface area (Å²) in [5.41, 5.74) is 1.62. The van der Waals surface area contributed by atoms with Crippen molar-refractivity contribution in [2.24, 2.45) is 7.05 Å². The number of fused-ring (bicyclic) bond motifs is 1. The molecule has 0 spiro atoms. The second-order valence-corrected chi connectivity index (χ2v) is 10.8. The first-order chi connectivity index (χ1) is 17.5. The van der Waals surface area contributed by atoms with E-state index in [4.69, 9.17) is 10.00 Å². The van der Waals surface area contributed by atoms with Crippen molar-refractivity contribution >= 4 is 28.8 Å². The fourth-order valence-corrected chi connectivity index (χ4v) is 5.56. The van der Waals surface area contributed by atoms with Gasteiger partial charge in [-0.2, -0.15) is 5.26 Å². The molecule has 1 amide bonds. The van der Waals surface area contributed by atoms with E-state index >= 15 is 0 Å². The molecule has 1 aliphatic heterocycles. The lowest BCUT2D eigenvalue weighted by molar-refractivity contribution is 0.0949. The van der Waals surface area contributed by atoms with E-state index in [1.54, 1.807) is 49.6 Å². The topological polar surface area (TPSA) is 112 Å². The third kappa shape index (κ3) is 5.23. The Balaban J connectivity index is 1.31. The number of hydrogen-bond donors (Lipinski definition) is 2. The minimum Gasteiger partial charge on any atom is -0.475 e. The Labute approximate surface area is 213 Å². The molecule has 0 bridgehead atoms. The molecule has 1 aromatic carbocycles. The Kier molecular flexibility index (Phi) is 6.96. The normalized spacial score (nSPS) is 16.9.